The molecule has 3 atom stereocenters. The molecule has 178 valence electrons. The smallest absolute Gasteiger partial charge is 0.268 e. The van der Waals surface area contributed by atoms with Gasteiger partial charge in [0, 0.05) is 24.2 Å². The number of hydrogen-bond donors (Lipinski definition) is 3. The molecule has 3 heterocycles. The number of carbonyl (C=O) groups excluding carboxylic acids is 2. The van der Waals surface area contributed by atoms with Crippen LogP contribution in [-0.4, -0.2) is 33.2 Å². The molecule has 2 aromatic heterocycles. The van der Waals surface area contributed by atoms with Crippen LogP contribution in [0.3, 0.4) is 0 Å². The molecule has 2 amide bonds. The Morgan fingerprint density at radius 2 is 2.24 bits per heavy atom. The molecule has 0 saturated carbocycles. The second-order valence-electron chi connectivity index (χ2n) is 8.14. The largest absolute Gasteiger partial charge is 0.357 e. The van der Waals surface area contributed by atoms with Gasteiger partial charge in [0.15, 0.2) is 5.01 Å². The van der Waals surface area contributed by atoms with Crippen molar-refractivity contribution >= 4 is 28.7 Å². The fourth-order valence-electron chi connectivity index (χ4n) is 3.97. The van der Waals surface area contributed by atoms with Crippen molar-refractivity contribution in [3.63, 3.8) is 0 Å². The number of halogens is 2. The summed E-state index contributed by atoms with van der Waals surface area (Å²) in [5, 5.41) is 14.5. The maximum absolute atomic E-state index is 14.6. The minimum Gasteiger partial charge on any atom is -0.357 e. The highest BCUT2D eigenvalue weighted by Crippen LogP contribution is 2.35. The van der Waals surface area contributed by atoms with E-state index in [9.17, 15) is 18.4 Å². The van der Waals surface area contributed by atoms with Gasteiger partial charge in [-0.1, -0.05) is 35.6 Å². The summed E-state index contributed by atoms with van der Waals surface area (Å²) in [5.41, 5.74) is 1.39. The first-order valence-electron chi connectivity index (χ1n) is 11.0. The molecule has 10 heteroatoms. The van der Waals surface area contributed by atoms with Crippen molar-refractivity contribution < 1.29 is 18.4 Å². The van der Waals surface area contributed by atoms with Gasteiger partial charge in [0.05, 0.1) is 12.1 Å². The van der Waals surface area contributed by atoms with E-state index >= 15 is 0 Å². The van der Waals surface area contributed by atoms with Gasteiger partial charge in [0.25, 0.3) is 11.8 Å². The molecule has 0 fully saturated rings. The van der Waals surface area contributed by atoms with Gasteiger partial charge in [-0.2, -0.15) is 0 Å². The van der Waals surface area contributed by atoms with E-state index < -0.39 is 17.9 Å². The van der Waals surface area contributed by atoms with Crippen LogP contribution < -0.4 is 10.6 Å². The van der Waals surface area contributed by atoms with Crippen molar-refractivity contribution in [3.05, 3.63) is 75.9 Å². The molecule has 0 bridgehead atoms. The van der Waals surface area contributed by atoms with Crippen molar-refractivity contribution in [1.29, 1.82) is 0 Å². The summed E-state index contributed by atoms with van der Waals surface area (Å²) >= 11 is 1.22. The number of alkyl halides is 1. The SMILES string of the molecule is CC=CC1C=C(F)C(Cc2c[nH]c(C(=O)NCc3nnc(C4=CCC=CNC4=O)s3)c2)C(F)C1. The molecule has 4 rings (SSSR count). The Balaban J connectivity index is 1.34. The van der Waals surface area contributed by atoms with Crippen molar-refractivity contribution in [2.75, 3.05) is 0 Å². The van der Waals surface area contributed by atoms with Crippen LogP contribution in [0.25, 0.3) is 5.57 Å². The summed E-state index contributed by atoms with van der Waals surface area (Å²) < 4.78 is 29.0. The quantitative estimate of drug-likeness (QED) is 0.513. The van der Waals surface area contributed by atoms with Gasteiger partial charge < -0.3 is 15.6 Å². The Kier molecular flexibility index (Phi) is 7.46. The van der Waals surface area contributed by atoms with E-state index in [2.05, 4.69) is 25.8 Å². The molecule has 1 aliphatic heterocycles. The lowest BCUT2D eigenvalue weighted by molar-refractivity contribution is -0.114. The standard InChI is InChI=1S/C24H25F2N5O2S/c1-2-5-14-9-18(25)17(19(26)10-14)8-15-11-20(28-12-15)23(33)29-13-21-30-31-24(34-21)16-6-3-4-7-27-22(16)32/h2,4-7,9,11-12,14,17,19,28H,3,8,10,13H2,1H3,(H,27,32)(H,29,33). The molecule has 0 aromatic carbocycles. The van der Waals surface area contributed by atoms with Crippen molar-refractivity contribution in [1.82, 2.24) is 25.8 Å². The fourth-order valence-corrected chi connectivity index (χ4v) is 4.79. The van der Waals surface area contributed by atoms with Gasteiger partial charge >= 0.3 is 0 Å². The Hall–Kier alpha value is -3.40. The lowest BCUT2D eigenvalue weighted by atomic mass is 9.83. The second-order valence-corrected chi connectivity index (χ2v) is 9.20. The summed E-state index contributed by atoms with van der Waals surface area (Å²) in [6.07, 6.45) is 11.6. The van der Waals surface area contributed by atoms with Crippen molar-refractivity contribution in [2.45, 2.75) is 38.9 Å². The number of carbonyl (C=O) groups is 2. The molecule has 0 radical (unpaired) electrons. The molecule has 34 heavy (non-hydrogen) atoms. The van der Waals surface area contributed by atoms with Crippen LogP contribution >= 0.6 is 11.3 Å². The molecular formula is C24H25F2N5O2S. The minimum absolute atomic E-state index is 0.136. The number of hydrogen-bond acceptors (Lipinski definition) is 5. The Bertz CT molecular complexity index is 1180. The van der Waals surface area contributed by atoms with E-state index in [0.717, 1.165) is 0 Å². The summed E-state index contributed by atoms with van der Waals surface area (Å²) in [7, 11) is 0. The van der Waals surface area contributed by atoms with E-state index in [1.54, 1.807) is 36.7 Å². The average molecular weight is 486 g/mol. The zero-order chi connectivity index (χ0) is 24.1. The fraction of sp³-hybridized carbons (Fsp3) is 0.333. The van der Waals surface area contributed by atoms with Crippen LogP contribution in [-0.2, 0) is 17.8 Å². The molecule has 2 aromatic rings. The van der Waals surface area contributed by atoms with Crippen LogP contribution in [0, 0.1) is 11.8 Å². The van der Waals surface area contributed by atoms with E-state index in [1.807, 2.05) is 13.0 Å². The topological polar surface area (TPSA) is 99.8 Å². The number of allylic oxidation sites excluding steroid dienone is 6. The number of rotatable bonds is 7. The highest BCUT2D eigenvalue weighted by atomic mass is 32.1. The molecule has 0 saturated heterocycles. The second kappa shape index (κ2) is 10.7. The van der Waals surface area contributed by atoms with Gasteiger partial charge in [-0.25, -0.2) is 8.78 Å². The lowest BCUT2D eigenvalue weighted by Crippen LogP contribution is -2.26. The zero-order valence-corrected chi connectivity index (χ0v) is 19.4. The van der Waals surface area contributed by atoms with E-state index in [4.69, 9.17) is 0 Å². The van der Waals surface area contributed by atoms with Crippen molar-refractivity contribution in [3.8, 4) is 0 Å². The number of H-pyrrole nitrogens is 1. The maximum atomic E-state index is 14.6. The summed E-state index contributed by atoms with van der Waals surface area (Å²) in [4.78, 5) is 27.5. The van der Waals surface area contributed by atoms with Gasteiger partial charge in [-0.05, 0) is 43.9 Å². The van der Waals surface area contributed by atoms with Crippen LogP contribution in [0.4, 0.5) is 8.78 Å². The summed E-state index contributed by atoms with van der Waals surface area (Å²) in [5.74, 6) is -2.15. The summed E-state index contributed by atoms with van der Waals surface area (Å²) in [6, 6.07) is 1.60. The van der Waals surface area contributed by atoms with Crippen LogP contribution in [0.2, 0.25) is 0 Å². The van der Waals surface area contributed by atoms with Gasteiger partial charge in [-0.3, -0.25) is 9.59 Å². The van der Waals surface area contributed by atoms with E-state index in [1.165, 1.54) is 17.4 Å². The van der Waals surface area contributed by atoms with E-state index in [0.29, 0.717) is 33.3 Å². The zero-order valence-electron chi connectivity index (χ0n) is 18.6. The highest BCUT2D eigenvalue weighted by Gasteiger charge is 2.32. The Morgan fingerprint density at radius 1 is 1.38 bits per heavy atom. The van der Waals surface area contributed by atoms with Crippen molar-refractivity contribution in [2.24, 2.45) is 11.8 Å². The molecule has 1 aliphatic carbocycles. The average Bonchev–Trinajstić information content (AvgIpc) is 3.42. The van der Waals surface area contributed by atoms with Gasteiger partial charge in [0.2, 0.25) is 0 Å². The Labute approximate surface area is 199 Å². The van der Waals surface area contributed by atoms with Crippen LogP contribution in [0.5, 0.6) is 0 Å². The summed E-state index contributed by atoms with van der Waals surface area (Å²) in [6.45, 7) is 1.96. The predicted molar refractivity (Wildman–Crippen MR) is 126 cm³/mol. The molecule has 3 N–H and O–H groups in total. The third-order valence-electron chi connectivity index (χ3n) is 5.68. The number of aromatic amines is 1. The van der Waals surface area contributed by atoms with Crippen LogP contribution in [0.1, 0.15) is 45.8 Å². The number of amides is 2. The third kappa shape index (κ3) is 5.56. The molecule has 3 unspecified atom stereocenters. The Morgan fingerprint density at radius 3 is 3.03 bits per heavy atom. The third-order valence-corrected chi connectivity index (χ3v) is 6.63. The molecular weight excluding hydrogens is 460 g/mol. The van der Waals surface area contributed by atoms with Gasteiger partial charge in [0.1, 0.15) is 22.7 Å². The molecule has 0 spiro atoms. The number of nitrogens with zero attached hydrogens (tertiary/aromatic N) is 2. The number of aromatic nitrogens is 3. The molecule has 2 aliphatic rings. The monoisotopic (exact) mass is 485 g/mol. The van der Waals surface area contributed by atoms with Gasteiger partial charge in [-0.15, -0.1) is 10.2 Å². The first-order chi connectivity index (χ1) is 16.4. The van der Waals surface area contributed by atoms with E-state index in [-0.39, 0.29) is 37.1 Å². The molecule has 7 nitrogen and oxygen atoms in total. The number of nitrogens with one attached hydrogen (secondary N) is 3. The first-order valence-corrected chi connectivity index (χ1v) is 11.8. The van der Waals surface area contributed by atoms with Crippen LogP contribution in [0.15, 0.2) is 54.7 Å². The maximum Gasteiger partial charge on any atom is 0.268 e. The predicted octanol–water partition coefficient (Wildman–Crippen LogP) is 4.16. The lowest BCUT2D eigenvalue weighted by Gasteiger charge is -2.26. The minimum atomic E-state index is -1.29. The normalized spacial score (nSPS) is 22.8. The highest BCUT2D eigenvalue weighted by molar-refractivity contribution is 7.12. The first kappa shape index (κ1) is 23.7.